The van der Waals surface area contributed by atoms with Crippen LogP contribution in [0.3, 0.4) is 0 Å². The van der Waals surface area contributed by atoms with Crippen molar-refractivity contribution in [2.24, 2.45) is 11.0 Å². The van der Waals surface area contributed by atoms with Crippen LogP contribution in [-0.2, 0) is 30.5 Å². The van der Waals surface area contributed by atoms with Crippen LogP contribution < -0.4 is 0 Å². The van der Waals surface area contributed by atoms with Crippen LogP contribution in [0.25, 0.3) is 0 Å². The van der Waals surface area contributed by atoms with Crippen molar-refractivity contribution in [2.75, 3.05) is 13.0 Å². The van der Waals surface area contributed by atoms with Gasteiger partial charge in [0.1, 0.15) is 6.56 Å². The lowest BCUT2D eigenvalue weighted by atomic mass is 9.78. The normalized spacial score (nSPS) is 45.5. The molecule has 1 aliphatic carbocycles. The quantitative estimate of drug-likeness (QED) is 0.269. The fraction of sp³-hybridized carbons (Fsp3) is 0.552. The maximum atomic E-state index is 14.7. The minimum absolute atomic E-state index is 0.0223. The number of aryl methyl sites for hydroxylation is 1. The Morgan fingerprint density at radius 3 is 2.66 bits per heavy atom. The van der Waals surface area contributed by atoms with Gasteiger partial charge in [0.2, 0.25) is 0 Å². The van der Waals surface area contributed by atoms with E-state index in [0.717, 1.165) is 19.1 Å². The molecule has 190 valence electrons. The van der Waals surface area contributed by atoms with Crippen molar-refractivity contribution < 1.29 is 48.2 Å². The van der Waals surface area contributed by atoms with Crippen LogP contribution in [0.2, 0.25) is 0 Å². The summed E-state index contributed by atoms with van der Waals surface area (Å²) in [5.41, 5.74) is -5.92. The fourth-order valence-electron chi connectivity index (χ4n) is 3.24. The third-order valence-corrected chi connectivity index (χ3v) is 5.12. The van der Waals surface area contributed by atoms with Crippen LogP contribution in [0, 0.1) is 5.89 Å². The van der Waals surface area contributed by atoms with Crippen LogP contribution >= 0.6 is 0 Å². The smallest absolute Gasteiger partial charge is 0.391 e. The average molecular weight is 509 g/mol. The number of nitrogens with zero attached hydrogens (tertiary/aromatic N) is 2. The summed E-state index contributed by atoms with van der Waals surface area (Å²) in [6.45, 7) is -10.7. The number of hydrogen-bond donors (Lipinski definition) is 0. The molecule has 0 spiro atoms. The molecular weight excluding hydrogens is 449 g/mol. The Morgan fingerprint density at radius 2 is 1.94 bits per heavy atom. The molecule has 0 aromatic heterocycles. The first-order valence-electron chi connectivity index (χ1n) is 21.4. The lowest BCUT2D eigenvalue weighted by Crippen LogP contribution is -2.36. The molecule has 2 fully saturated rings. The highest BCUT2D eigenvalue weighted by atomic mass is 19.4. The molecule has 3 nitrogen and oxygen atoms in total. The van der Waals surface area contributed by atoms with Gasteiger partial charge in [-0.1, -0.05) is 55.9 Å². The highest BCUT2D eigenvalue weighted by molar-refractivity contribution is 5.98. The second kappa shape index (κ2) is 11.2. The lowest BCUT2D eigenvalue weighted by Gasteiger charge is -2.31. The summed E-state index contributed by atoms with van der Waals surface area (Å²) in [6, 6.07) is 4.08. The van der Waals surface area contributed by atoms with Crippen LogP contribution in [0.5, 0.6) is 0 Å². The maximum absolute atomic E-state index is 14.7. The van der Waals surface area contributed by atoms with E-state index in [2.05, 4.69) is 5.16 Å². The zero-order valence-corrected chi connectivity index (χ0v) is 18.7. The molecule has 1 saturated carbocycles. The third-order valence-electron chi connectivity index (χ3n) is 5.12. The average Bonchev–Trinajstić information content (AvgIpc) is 3.06. The van der Waals surface area contributed by atoms with E-state index in [1.54, 1.807) is 0 Å². The number of oxime groups is 1. The first-order chi connectivity index (χ1) is 25.1. The van der Waals surface area contributed by atoms with Crippen molar-refractivity contribution in [1.82, 2.24) is 4.90 Å². The van der Waals surface area contributed by atoms with Gasteiger partial charge < -0.3 is 4.84 Å². The Balaban J connectivity index is 1.80. The van der Waals surface area contributed by atoms with E-state index in [0.29, 0.717) is 17.9 Å². The molecule has 0 atom stereocenters. The second-order valence-electron chi connectivity index (χ2n) is 7.61. The number of halogens is 3. The van der Waals surface area contributed by atoms with Crippen molar-refractivity contribution in [3.8, 4) is 0 Å². The molecule has 2 aromatic rings. The maximum Gasteiger partial charge on any atom is 0.416 e. The highest BCUT2D eigenvalue weighted by Crippen LogP contribution is 2.42. The minimum atomic E-state index is -5.63. The molecule has 4 rings (SSSR count). The zero-order valence-electron chi connectivity index (χ0n) is 40.7. The van der Waals surface area contributed by atoms with Crippen molar-refractivity contribution in [3.63, 3.8) is 0 Å². The van der Waals surface area contributed by atoms with Crippen molar-refractivity contribution in [1.29, 1.82) is 0 Å². The summed E-state index contributed by atoms with van der Waals surface area (Å²) in [7, 11) is 0. The van der Waals surface area contributed by atoms with Crippen molar-refractivity contribution in [3.05, 3.63) is 69.8 Å². The van der Waals surface area contributed by atoms with E-state index >= 15 is 0 Å². The summed E-state index contributed by atoms with van der Waals surface area (Å²) >= 11 is 0. The van der Waals surface area contributed by atoms with Gasteiger partial charge in [0, 0.05) is 34.0 Å². The van der Waals surface area contributed by atoms with Crippen molar-refractivity contribution in [2.45, 2.75) is 84.1 Å². The number of hydrogen-bond acceptors (Lipinski definition) is 3. The topological polar surface area (TPSA) is 24.8 Å². The van der Waals surface area contributed by atoms with Gasteiger partial charge in [0.05, 0.1) is 14.0 Å². The van der Waals surface area contributed by atoms with Crippen LogP contribution in [-0.4, -0.2) is 23.6 Å². The summed E-state index contributed by atoms with van der Waals surface area (Å²) in [6.07, 6.45) is -26.3. The molecule has 0 N–H and O–H groups in total. The standard InChI is InChI=1S/C29H37F3N2O/c1-4-23-17-25(11-12-26(23)18-34-14-5-15-34)21(3)33-35-19-22-8-13-27(28(16-22)29(30,31)32)24-9-6-20(2)7-10-24/h8,11-13,16-17,20,24H,4-7,9-10,14-15,18-19H2,1-3H3/b33-21+/i1D3,4D2,5D,6D2,7D2,9D2,10D2,14D2,15D2,19D2,20D,24D. The van der Waals surface area contributed by atoms with Gasteiger partial charge in [-0.3, -0.25) is 4.90 Å². The Kier molecular flexibility index (Phi) is 3.14. The fourth-order valence-corrected chi connectivity index (χ4v) is 3.24. The largest absolute Gasteiger partial charge is 0.416 e. The van der Waals surface area contributed by atoms with E-state index < -0.39 is 111 Å². The first kappa shape index (κ1) is 9.85. The van der Waals surface area contributed by atoms with Crippen molar-refractivity contribution >= 4 is 5.71 Å². The molecule has 0 radical (unpaired) electrons. The molecule has 35 heavy (non-hydrogen) atoms. The van der Waals surface area contributed by atoms with Gasteiger partial charge in [-0.05, 0) is 97.2 Å². The first-order valence-corrected chi connectivity index (χ1v) is 10.3. The van der Waals surface area contributed by atoms with Gasteiger partial charge >= 0.3 is 6.18 Å². The minimum Gasteiger partial charge on any atom is -0.391 e. The summed E-state index contributed by atoms with van der Waals surface area (Å²) in [5, 5.41) is 3.58. The monoisotopic (exact) mass is 508 g/mol. The summed E-state index contributed by atoms with van der Waals surface area (Å²) < 4.78 is 225. The number of likely N-dealkylation sites (tertiary alicyclic amines) is 1. The van der Waals surface area contributed by atoms with E-state index in [-0.39, 0.29) is 29.0 Å². The molecule has 2 aliphatic rings. The predicted molar refractivity (Wildman–Crippen MR) is 135 cm³/mol. The molecule has 0 bridgehead atoms. The summed E-state index contributed by atoms with van der Waals surface area (Å²) in [4.78, 5) is 5.55. The Morgan fingerprint density at radius 1 is 1.17 bits per heavy atom. The number of rotatable bonds is 8. The second-order valence-corrected chi connectivity index (χ2v) is 7.61. The molecule has 0 amide bonds. The Bertz CT molecular complexity index is 1900. The summed E-state index contributed by atoms with van der Waals surface area (Å²) in [5.74, 6) is -7.33. The molecule has 2 aromatic carbocycles. The Hall–Kier alpha value is -2.34. The van der Waals surface area contributed by atoms with E-state index in [4.69, 9.17) is 35.0 Å². The predicted octanol–water partition coefficient (Wildman–Crippen LogP) is 7.71. The lowest BCUT2D eigenvalue weighted by molar-refractivity contribution is -0.138. The van der Waals surface area contributed by atoms with Gasteiger partial charge in [-0.15, -0.1) is 0 Å². The highest BCUT2D eigenvalue weighted by Gasteiger charge is 2.36. The molecule has 0 unspecified atom stereocenters. The molecule has 1 aliphatic heterocycles. The molecule has 6 heteroatoms. The zero-order chi connectivity index (χ0) is 44.6. The molecule has 1 saturated heterocycles. The SMILES string of the molecule is [2H]C1C([2H])([2H])N(Cc2ccc(/C(C)=N/OC([2H])([2H])c3ccc(C4([2H])C([2H])([2H])C([2H])([2H])C([2H])(C)C([2H])([2H])C4([2H])[2H])c(C(F)(F)F)c3)cc2C([2H])([2H])C([2H])([2H])[2H])C1([2H])[2H]. The van der Waals surface area contributed by atoms with Crippen LogP contribution in [0.15, 0.2) is 41.6 Å². The third kappa shape index (κ3) is 6.46. The van der Waals surface area contributed by atoms with Gasteiger partial charge in [0.15, 0.2) is 0 Å². The number of benzene rings is 2. The van der Waals surface area contributed by atoms with E-state index in [9.17, 15) is 13.2 Å². The van der Waals surface area contributed by atoms with Crippen LogP contribution in [0.1, 0.15) is 122 Å². The molecular formula is C29H37F3N2O. The van der Waals surface area contributed by atoms with Gasteiger partial charge in [-0.25, -0.2) is 0 Å². The van der Waals surface area contributed by atoms with Gasteiger partial charge in [-0.2, -0.15) is 13.2 Å². The molecule has 1 heterocycles. The van der Waals surface area contributed by atoms with Gasteiger partial charge in [0.25, 0.3) is 0 Å². The van der Waals surface area contributed by atoms with Crippen LogP contribution in [0.4, 0.5) is 13.2 Å². The van der Waals surface area contributed by atoms with E-state index in [1.165, 1.54) is 6.07 Å². The Labute approximate surface area is 238 Å². The van der Waals surface area contributed by atoms with E-state index in [1.807, 2.05) is 0 Å². The number of alkyl halides is 3.